The zero-order chi connectivity index (χ0) is 30.0. The Morgan fingerprint density at radius 2 is 1.65 bits per heavy atom. The number of amides is 3. The van der Waals surface area contributed by atoms with E-state index in [1.54, 1.807) is 13.8 Å². The van der Waals surface area contributed by atoms with Crippen LogP contribution in [0.2, 0.25) is 0 Å². The van der Waals surface area contributed by atoms with Gasteiger partial charge in [0.05, 0.1) is 17.2 Å². The van der Waals surface area contributed by atoms with Crippen LogP contribution in [-0.2, 0) is 23.7 Å². The fourth-order valence-electron chi connectivity index (χ4n) is 4.83. The Bertz CT molecular complexity index is 1200. The Morgan fingerprint density at radius 3 is 2.17 bits per heavy atom. The third-order valence-electron chi connectivity index (χ3n) is 7.24. The predicted molar refractivity (Wildman–Crippen MR) is 135 cm³/mol. The molecule has 40 heavy (non-hydrogen) atoms. The third-order valence-corrected chi connectivity index (χ3v) is 7.24. The van der Waals surface area contributed by atoms with Crippen LogP contribution in [0.3, 0.4) is 0 Å². The molecule has 0 aromatic heterocycles. The van der Waals surface area contributed by atoms with Crippen molar-refractivity contribution in [1.29, 1.82) is 0 Å². The maximum Gasteiger partial charge on any atom is 0.416 e. The second-order valence-corrected chi connectivity index (χ2v) is 10.3. The summed E-state index contributed by atoms with van der Waals surface area (Å²) in [6, 6.07) is 3.80. The maximum absolute atomic E-state index is 13.8. The Balaban J connectivity index is 1.90. The number of piperidine rings is 1. The molecule has 0 aliphatic carbocycles. The second kappa shape index (κ2) is 12.1. The van der Waals surface area contributed by atoms with Gasteiger partial charge in [0.1, 0.15) is 5.82 Å². The normalized spacial score (nSPS) is 18.8. The molecular weight excluding hydrogens is 543 g/mol. The molecule has 1 aliphatic heterocycles. The second-order valence-electron chi connectivity index (χ2n) is 10.3. The molecule has 1 aliphatic rings. The number of hydrogen-bond acceptors (Lipinski definition) is 2. The summed E-state index contributed by atoms with van der Waals surface area (Å²) < 4.78 is 93.7. The van der Waals surface area contributed by atoms with Crippen LogP contribution in [0.25, 0.3) is 0 Å². The van der Waals surface area contributed by atoms with E-state index in [1.807, 2.05) is 6.92 Å². The number of carbonyl (C=O) groups excluding carboxylic acids is 2. The van der Waals surface area contributed by atoms with Crippen LogP contribution in [0.4, 0.5) is 35.5 Å². The lowest BCUT2D eigenvalue weighted by Gasteiger charge is -2.42. The number of rotatable bonds is 6. The molecule has 2 aromatic carbocycles. The van der Waals surface area contributed by atoms with Gasteiger partial charge < -0.3 is 15.1 Å². The zero-order valence-corrected chi connectivity index (χ0v) is 22.6. The molecule has 3 atom stereocenters. The summed E-state index contributed by atoms with van der Waals surface area (Å²) in [7, 11) is 1.29. The summed E-state index contributed by atoms with van der Waals surface area (Å²) >= 11 is 0. The van der Waals surface area contributed by atoms with Crippen LogP contribution in [0, 0.1) is 18.7 Å². The highest BCUT2D eigenvalue weighted by Crippen LogP contribution is 2.37. The Kier molecular flexibility index (Phi) is 9.41. The minimum absolute atomic E-state index is 0.0388. The third kappa shape index (κ3) is 7.45. The van der Waals surface area contributed by atoms with E-state index in [9.17, 15) is 40.3 Å². The molecule has 0 spiro atoms. The number of carbonyl (C=O) groups is 2. The van der Waals surface area contributed by atoms with Crippen LogP contribution in [0.15, 0.2) is 36.4 Å². The van der Waals surface area contributed by atoms with Crippen molar-refractivity contribution in [2.24, 2.45) is 5.92 Å². The number of nitrogens with zero attached hydrogens (tertiary/aromatic N) is 2. The van der Waals surface area contributed by atoms with Crippen molar-refractivity contribution >= 4 is 11.9 Å². The summed E-state index contributed by atoms with van der Waals surface area (Å²) in [6.07, 6.45) is -8.69. The van der Waals surface area contributed by atoms with Gasteiger partial charge in [-0.1, -0.05) is 19.9 Å². The molecule has 1 unspecified atom stereocenters. The molecular formula is C28H32F7N3O2. The summed E-state index contributed by atoms with van der Waals surface area (Å²) in [5.74, 6) is -0.825. The van der Waals surface area contributed by atoms with Gasteiger partial charge in [0.2, 0.25) is 5.91 Å². The molecule has 0 bridgehead atoms. The number of nitrogens with one attached hydrogen (secondary N) is 1. The summed E-state index contributed by atoms with van der Waals surface area (Å²) in [6.45, 7) is 5.00. The van der Waals surface area contributed by atoms with Crippen LogP contribution in [0.5, 0.6) is 0 Å². The van der Waals surface area contributed by atoms with E-state index in [0.717, 1.165) is 4.90 Å². The van der Waals surface area contributed by atoms with E-state index in [4.69, 9.17) is 0 Å². The first kappa shape index (κ1) is 31.2. The van der Waals surface area contributed by atoms with Crippen molar-refractivity contribution in [3.8, 4) is 0 Å². The lowest BCUT2D eigenvalue weighted by atomic mass is 9.89. The van der Waals surface area contributed by atoms with E-state index in [1.165, 1.54) is 30.1 Å². The minimum atomic E-state index is -5.01. The Hall–Kier alpha value is -3.31. The van der Waals surface area contributed by atoms with Gasteiger partial charge >= 0.3 is 18.4 Å². The molecule has 12 heteroatoms. The SMILES string of the molecule is CCC(C)C(=O)N[C@@H]1CCN(C(=O)N(C)Cc2cc(C(F)(F)F)cc(C(F)(F)F)c2)[C@@H](c2ccc(F)cc2C)C1. The number of hydrogen-bond donors (Lipinski definition) is 1. The van der Waals surface area contributed by atoms with Gasteiger partial charge in [0, 0.05) is 32.1 Å². The molecule has 3 amide bonds. The first-order valence-electron chi connectivity index (χ1n) is 12.9. The molecule has 1 fully saturated rings. The largest absolute Gasteiger partial charge is 0.416 e. The molecule has 1 saturated heterocycles. The molecule has 0 radical (unpaired) electrons. The number of benzene rings is 2. The Labute approximate surface area is 228 Å². The summed E-state index contributed by atoms with van der Waals surface area (Å²) in [5.41, 5.74) is -2.06. The molecule has 3 rings (SSSR count). The smallest absolute Gasteiger partial charge is 0.353 e. The summed E-state index contributed by atoms with van der Waals surface area (Å²) in [4.78, 5) is 28.6. The number of halogens is 7. The van der Waals surface area contributed by atoms with Crippen LogP contribution < -0.4 is 5.32 Å². The highest BCUT2D eigenvalue weighted by Gasteiger charge is 2.38. The van der Waals surface area contributed by atoms with Gasteiger partial charge in [-0.15, -0.1) is 0 Å². The number of urea groups is 1. The average molecular weight is 576 g/mol. The van der Waals surface area contributed by atoms with Gasteiger partial charge in [-0.05, 0) is 73.2 Å². The van der Waals surface area contributed by atoms with Crippen molar-refractivity contribution in [2.75, 3.05) is 13.6 Å². The van der Waals surface area contributed by atoms with Crippen molar-refractivity contribution in [3.63, 3.8) is 0 Å². The van der Waals surface area contributed by atoms with Crippen LogP contribution in [-0.4, -0.2) is 41.4 Å². The highest BCUT2D eigenvalue weighted by molar-refractivity contribution is 5.79. The van der Waals surface area contributed by atoms with Crippen molar-refractivity contribution in [3.05, 3.63) is 70.0 Å². The standard InChI is InChI=1S/C28H32F7N3O2/c1-5-16(2)25(39)36-22-8-9-38(24(14-22)23-7-6-21(29)10-17(23)3)26(40)37(4)15-18-11-19(27(30,31)32)13-20(12-18)28(33,34)35/h6-7,10-13,16,22,24H,5,8-9,14-15H2,1-4H3,(H,36,39)/t16?,22-,24-/m1/s1. The maximum atomic E-state index is 13.8. The van der Waals surface area contributed by atoms with Gasteiger partial charge in [-0.3, -0.25) is 4.79 Å². The van der Waals surface area contributed by atoms with E-state index >= 15 is 0 Å². The van der Waals surface area contributed by atoms with E-state index < -0.39 is 47.9 Å². The minimum Gasteiger partial charge on any atom is -0.353 e. The highest BCUT2D eigenvalue weighted by atomic mass is 19.4. The number of alkyl halides is 6. The fraction of sp³-hybridized carbons (Fsp3) is 0.500. The molecule has 5 nitrogen and oxygen atoms in total. The molecule has 1 N–H and O–H groups in total. The first-order chi connectivity index (χ1) is 18.5. The fourth-order valence-corrected chi connectivity index (χ4v) is 4.83. The number of likely N-dealkylation sites (tertiary alicyclic amines) is 1. The predicted octanol–water partition coefficient (Wildman–Crippen LogP) is 7.09. The monoisotopic (exact) mass is 575 g/mol. The zero-order valence-electron chi connectivity index (χ0n) is 22.6. The Morgan fingerprint density at radius 1 is 1.05 bits per heavy atom. The topological polar surface area (TPSA) is 52.7 Å². The van der Waals surface area contributed by atoms with E-state index in [0.29, 0.717) is 42.5 Å². The molecule has 220 valence electrons. The van der Waals surface area contributed by atoms with E-state index in [-0.39, 0.29) is 36.0 Å². The first-order valence-corrected chi connectivity index (χ1v) is 12.9. The van der Waals surface area contributed by atoms with Crippen molar-refractivity contribution in [2.45, 2.75) is 71.0 Å². The van der Waals surface area contributed by atoms with Gasteiger partial charge in [0.15, 0.2) is 0 Å². The molecule has 0 saturated carbocycles. The quantitative estimate of drug-likeness (QED) is 0.374. The van der Waals surface area contributed by atoms with Crippen molar-refractivity contribution in [1.82, 2.24) is 15.1 Å². The summed E-state index contributed by atoms with van der Waals surface area (Å²) in [5, 5.41) is 2.99. The van der Waals surface area contributed by atoms with Gasteiger partial charge in [-0.2, -0.15) is 26.3 Å². The van der Waals surface area contributed by atoms with E-state index in [2.05, 4.69) is 5.32 Å². The average Bonchev–Trinajstić information content (AvgIpc) is 2.86. The van der Waals surface area contributed by atoms with Gasteiger partial charge in [0.25, 0.3) is 0 Å². The van der Waals surface area contributed by atoms with Crippen LogP contribution in [0.1, 0.15) is 67.0 Å². The molecule has 2 aromatic rings. The number of aryl methyl sites for hydroxylation is 1. The van der Waals surface area contributed by atoms with Crippen molar-refractivity contribution < 1.29 is 40.3 Å². The van der Waals surface area contributed by atoms with Gasteiger partial charge in [-0.25, -0.2) is 9.18 Å². The lowest BCUT2D eigenvalue weighted by Crippen LogP contribution is -2.51. The lowest BCUT2D eigenvalue weighted by molar-refractivity contribution is -0.143. The van der Waals surface area contributed by atoms with Crippen LogP contribution >= 0.6 is 0 Å². The molecule has 1 heterocycles.